The Hall–Kier alpha value is -2.18. The van der Waals surface area contributed by atoms with Gasteiger partial charge in [0.1, 0.15) is 5.82 Å². The molecule has 1 aromatic carbocycles. The number of aliphatic hydroxyl groups is 1. The lowest BCUT2D eigenvalue weighted by Crippen LogP contribution is -2.07. The zero-order valence-corrected chi connectivity index (χ0v) is 7.95. The van der Waals surface area contributed by atoms with Crippen LogP contribution in [0.5, 0.6) is 0 Å². The second-order valence-electron chi connectivity index (χ2n) is 2.83. The fourth-order valence-corrected chi connectivity index (χ4v) is 1.26. The first-order valence-corrected chi connectivity index (χ1v) is 4.19. The molecule has 0 spiro atoms. The maximum absolute atomic E-state index is 13.4. The predicted molar refractivity (Wildman–Crippen MR) is 52.0 cm³/mol. The van der Waals surface area contributed by atoms with Crippen LogP contribution in [0.3, 0.4) is 0 Å². The van der Waals surface area contributed by atoms with E-state index in [4.69, 9.17) is 10.6 Å². The van der Waals surface area contributed by atoms with Crippen LogP contribution < -0.4 is 0 Å². The van der Waals surface area contributed by atoms with Gasteiger partial charge in [-0.3, -0.25) is 10.1 Å². The first-order valence-electron chi connectivity index (χ1n) is 4.19. The molecule has 0 aliphatic heterocycles. The maximum atomic E-state index is 13.4. The fraction of sp³-hybridized carbons (Fsp3) is 0.250. The molecule has 0 heterocycles. The quantitative estimate of drug-likeness (QED) is 0.278. The number of benzene rings is 1. The average molecular weight is 226 g/mol. The van der Waals surface area contributed by atoms with Crippen LogP contribution in [0, 0.1) is 15.9 Å². The van der Waals surface area contributed by atoms with Gasteiger partial charge in [-0.05, 0) is 11.6 Å². The number of aliphatic hydroxyl groups excluding tert-OH is 1. The van der Waals surface area contributed by atoms with Crippen molar-refractivity contribution in [3.63, 3.8) is 0 Å². The van der Waals surface area contributed by atoms with Gasteiger partial charge in [0, 0.05) is 11.0 Å². The Kier molecular flexibility index (Phi) is 3.76. The molecule has 1 rings (SSSR count). The summed E-state index contributed by atoms with van der Waals surface area (Å²) in [4.78, 5) is 12.2. The van der Waals surface area contributed by atoms with Crippen molar-refractivity contribution in [3.8, 4) is 0 Å². The third-order valence-electron chi connectivity index (χ3n) is 1.92. The predicted octanol–water partition coefficient (Wildman–Crippen LogP) is 2.08. The summed E-state index contributed by atoms with van der Waals surface area (Å²) in [5, 5.41) is 22.6. The summed E-state index contributed by atoms with van der Waals surface area (Å²) in [5.74, 6) is -0.888. The van der Waals surface area contributed by atoms with Crippen LogP contribution in [-0.2, 0) is 0 Å². The average Bonchev–Trinajstić information content (AvgIpc) is 2.26. The molecule has 0 saturated heterocycles. The minimum Gasteiger partial charge on any atom is -0.396 e. The Labute approximate surface area is 88.9 Å². The van der Waals surface area contributed by atoms with Crippen molar-refractivity contribution in [2.45, 2.75) is 6.04 Å². The van der Waals surface area contributed by atoms with E-state index in [2.05, 4.69) is 10.0 Å². The molecule has 1 unspecified atom stereocenters. The Morgan fingerprint density at radius 1 is 1.69 bits per heavy atom. The van der Waals surface area contributed by atoms with E-state index >= 15 is 0 Å². The molecule has 1 N–H and O–H groups in total. The lowest BCUT2D eigenvalue weighted by Gasteiger charge is -2.09. The van der Waals surface area contributed by atoms with Crippen LogP contribution in [0.1, 0.15) is 11.6 Å². The van der Waals surface area contributed by atoms with Crippen molar-refractivity contribution in [3.05, 3.63) is 50.1 Å². The lowest BCUT2D eigenvalue weighted by atomic mass is 10.1. The molecule has 84 valence electrons. The highest BCUT2D eigenvalue weighted by molar-refractivity contribution is 5.43. The van der Waals surface area contributed by atoms with E-state index in [1.165, 1.54) is 6.07 Å². The molecule has 16 heavy (non-hydrogen) atoms. The molecular formula is C8H7FN4O3. The minimum atomic E-state index is -1.30. The number of nitrogens with zero attached hydrogens (tertiary/aromatic N) is 4. The van der Waals surface area contributed by atoms with Crippen molar-refractivity contribution in [2.24, 2.45) is 5.11 Å². The molecule has 0 aliphatic rings. The molecule has 0 aromatic heterocycles. The van der Waals surface area contributed by atoms with Crippen LogP contribution in [0.2, 0.25) is 0 Å². The monoisotopic (exact) mass is 226 g/mol. The van der Waals surface area contributed by atoms with Gasteiger partial charge in [0.15, 0.2) is 0 Å². The summed E-state index contributed by atoms with van der Waals surface area (Å²) in [6.07, 6.45) is 0. The van der Waals surface area contributed by atoms with Gasteiger partial charge in [0.25, 0.3) is 5.69 Å². The first-order chi connectivity index (χ1) is 7.61. The van der Waals surface area contributed by atoms with E-state index in [1.54, 1.807) is 0 Å². The topological polar surface area (TPSA) is 112 Å². The smallest absolute Gasteiger partial charge is 0.276 e. The third kappa shape index (κ3) is 2.25. The van der Waals surface area contributed by atoms with E-state index < -0.39 is 34.6 Å². The zero-order chi connectivity index (χ0) is 12.1. The van der Waals surface area contributed by atoms with Crippen LogP contribution in [0.15, 0.2) is 23.3 Å². The summed E-state index contributed by atoms with van der Waals surface area (Å²) < 4.78 is 13.4. The van der Waals surface area contributed by atoms with Crippen LogP contribution in [0.25, 0.3) is 10.4 Å². The number of nitro groups is 1. The molecule has 0 radical (unpaired) electrons. The highest BCUT2D eigenvalue weighted by Gasteiger charge is 2.24. The summed E-state index contributed by atoms with van der Waals surface area (Å²) >= 11 is 0. The minimum absolute atomic E-state index is 0.409. The molecule has 1 atom stereocenters. The summed E-state index contributed by atoms with van der Waals surface area (Å²) in [6.45, 7) is -0.703. The molecule has 0 fully saturated rings. The largest absolute Gasteiger partial charge is 0.396 e. The number of nitro benzene ring substituents is 1. The fourth-order valence-electron chi connectivity index (χ4n) is 1.26. The normalized spacial score (nSPS) is 11.6. The molecule has 8 heteroatoms. The molecule has 0 aliphatic carbocycles. The van der Waals surface area contributed by atoms with E-state index in [0.29, 0.717) is 0 Å². The molecule has 0 amide bonds. The van der Waals surface area contributed by atoms with Crippen molar-refractivity contribution in [1.29, 1.82) is 0 Å². The van der Waals surface area contributed by atoms with Crippen LogP contribution in [0.4, 0.5) is 10.1 Å². The number of rotatable bonds is 4. The van der Waals surface area contributed by atoms with Crippen molar-refractivity contribution in [1.82, 2.24) is 0 Å². The van der Waals surface area contributed by atoms with Gasteiger partial charge in [0.2, 0.25) is 0 Å². The Morgan fingerprint density at radius 3 is 2.88 bits per heavy atom. The third-order valence-corrected chi connectivity index (χ3v) is 1.92. The Bertz CT molecular complexity index is 459. The Morgan fingerprint density at radius 2 is 2.38 bits per heavy atom. The van der Waals surface area contributed by atoms with Gasteiger partial charge in [-0.1, -0.05) is 11.2 Å². The second-order valence-corrected chi connectivity index (χ2v) is 2.83. The van der Waals surface area contributed by atoms with E-state index in [0.717, 1.165) is 12.1 Å². The number of hydrogen-bond acceptors (Lipinski definition) is 4. The summed E-state index contributed by atoms with van der Waals surface area (Å²) in [6, 6.07) is 1.94. The number of halogens is 1. The van der Waals surface area contributed by atoms with Crippen molar-refractivity contribution < 1.29 is 14.4 Å². The van der Waals surface area contributed by atoms with Gasteiger partial charge >= 0.3 is 0 Å². The van der Waals surface area contributed by atoms with Gasteiger partial charge in [0.05, 0.1) is 23.1 Å². The Balaban J connectivity index is 3.39. The lowest BCUT2D eigenvalue weighted by molar-refractivity contribution is -0.386. The van der Waals surface area contributed by atoms with E-state index in [-0.39, 0.29) is 0 Å². The second kappa shape index (κ2) is 5.06. The van der Waals surface area contributed by atoms with Crippen LogP contribution in [-0.4, -0.2) is 16.6 Å². The highest BCUT2D eigenvalue weighted by atomic mass is 19.1. The zero-order valence-electron chi connectivity index (χ0n) is 7.95. The molecule has 0 saturated carbocycles. The number of azide groups is 1. The van der Waals surface area contributed by atoms with Gasteiger partial charge in [-0.2, -0.15) is 0 Å². The van der Waals surface area contributed by atoms with Crippen molar-refractivity contribution >= 4 is 5.69 Å². The SMILES string of the molecule is [N-]=[N+]=NC(CO)c1c(F)cccc1[N+](=O)[O-]. The maximum Gasteiger partial charge on any atom is 0.276 e. The molecular weight excluding hydrogens is 219 g/mol. The van der Waals surface area contributed by atoms with E-state index in [1.807, 2.05) is 0 Å². The molecule has 0 bridgehead atoms. The highest BCUT2D eigenvalue weighted by Crippen LogP contribution is 2.29. The van der Waals surface area contributed by atoms with Crippen LogP contribution >= 0.6 is 0 Å². The summed E-state index contributed by atoms with van der Waals surface area (Å²) in [5.41, 5.74) is 7.27. The van der Waals surface area contributed by atoms with Crippen molar-refractivity contribution in [2.75, 3.05) is 6.61 Å². The number of hydrogen-bond donors (Lipinski definition) is 1. The summed E-state index contributed by atoms with van der Waals surface area (Å²) in [7, 11) is 0. The standard InChI is InChI=1S/C8H7FN4O3/c9-5-2-1-3-7(13(15)16)8(5)6(4-14)11-12-10/h1-3,6,14H,4H2. The molecule has 7 nitrogen and oxygen atoms in total. The molecule has 1 aromatic rings. The van der Waals surface area contributed by atoms with E-state index in [9.17, 15) is 14.5 Å². The van der Waals surface area contributed by atoms with Gasteiger partial charge in [-0.25, -0.2) is 4.39 Å². The first kappa shape index (κ1) is 11.9. The van der Waals surface area contributed by atoms with Gasteiger partial charge in [-0.15, -0.1) is 0 Å². The van der Waals surface area contributed by atoms with Gasteiger partial charge < -0.3 is 5.11 Å².